The van der Waals surface area contributed by atoms with Crippen LogP contribution in [0.25, 0.3) is 0 Å². The molecule has 34 heavy (non-hydrogen) atoms. The molecular weight excluding hydrogens is 428 g/mol. The summed E-state index contributed by atoms with van der Waals surface area (Å²) in [6, 6.07) is 9.73. The molecule has 2 aliphatic rings. The van der Waals surface area contributed by atoms with E-state index < -0.39 is 0 Å². The molecule has 2 heterocycles. The number of nitrogens with one attached hydrogen (secondary N) is 1. The lowest BCUT2D eigenvalue weighted by atomic mass is 10.0. The van der Waals surface area contributed by atoms with Crippen molar-refractivity contribution in [3.05, 3.63) is 42.1 Å². The predicted octanol–water partition coefficient (Wildman–Crippen LogP) is 3.57. The Bertz CT molecular complexity index is 1050. The molecule has 0 radical (unpaired) electrons. The molecule has 1 fully saturated rings. The maximum atomic E-state index is 12.9. The van der Waals surface area contributed by atoms with E-state index >= 15 is 0 Å². The Hall–Kier alpha value is -3.13. The van der Waals surface area contributed by atoms with Crippen molar-refractivity contribution in [2.75, 3.05) is 56.4 Å². The van der Waals surface area contributed by atoms with Crippen molar-refractivity contribution in [3.8, 4) is 0 Å². The number of anilines is 4. The molecule has 8 heteroatoms. The summed E-state index contributed by atoms with van der Waals surface area (Å²) in [6.45, 7) is 3.47. The van der Waals surface area contributed by atoms with Gasteiger partial charge in [0.2, 0.25) is 5.91 Å². The molecule has 182 valence electrons. The van der Waals surface area contributed by atoms with E-state index in [4.69, 9.17) is 0 Å². The lowest BCUT2D eigenvalue weighted by molar-refractivity contribution is -0.119. The number of pyridine rings is 1. The van der Waals surface area contributed by atoms with Gasteiger partial charge in [-0.2, -0.15) is 0 Å². The van der Waals surface area contributed by atoms with Gasteiger partial charge in [-0.05, 0) is 52.1 Å². The molecule has 4 rings (SSSR count). The third-order valence-electron chi connectivity index (χ3n) is 6.94. The Morgan fingerprint density at radius 2 is 1.85 bits per heavy atom. The van der Waals surface area contributed by atoms with Crippen LogP contribution in [0.2, 0.25) is 0 Å². The number of aromatic nitrogens is 1. The fraction of sp³-hybridized carbons (Fsp3) is 0.500. The third-order valence-corrected chi connectivity index (χ3v) is 6.94. The highest BCUT2D eigenvalue weighted by atomic mass is 16.2. The SMILES string of the molecule is CC1C(=O)N(C)c2cnc(Nc3cccc(C(=O)N(C)CCN(C)C)c3)cc2N1C1CCCC1. The van der Waals surface area contributed by atoms with Crippen molar-refractivity contribution in [1.82, 2.24) is 14.8 Å². The zero-order valence-corrected chi connectivity index (χ0v) is 20.9. The second-order valence-electron chi connectivity index (χ2n) is 9.71. The highest BCUT2D eigenvalue weighted by Crippen LogP contribution is 2.41. The number of hydrogen-bond acceptors (Lipinski definition) is 6. The van der Waals surface area contributed by atoms with Gasteiger partial charge in [-0.1, -0.05) is 18.9 Å². The topological polar surface area (TPSA) is 72.0 Å². The summed E-state index contributed by atoms with van der Waals surface area (Å²) < 4.78 is 0. The number of nitrogens with zero attached hydrogens (tertiary/aromatic N) is 5. The van der Waals surface area contributed by atoms with E-state index in [9.17, 15) is 9.59 Å². The quantitative estimate of drug-likeness (QED) is 0.676. The van der Waals surface area contributed by atoms with Crippen LogP contribution in [0.15, 0.2) is 36.5 Å². The lowest BCUT2D eigenvalue weighted by Gasteiger charge is -2.43. The monoisotopic (exact) mass is 464 g/mol. The number of hydrogen-bond donors (Lipinski definition) is 1. The summed E-state index contributed by atoms with van der Waals surface area (Å²) >= 11 is 0. The first-order valence-corrected chi connectivity index (χ1v) is 12.1. The van der Waals surface area contributed by atoms with Gasteiger partial charge in [0.05, 0.1) is 17.6 Å². The fourth-order valence-corrected chi connectivity index (χ4v) is 4.94. The maximum absolute atomic E-state index is 12.9. The number of rotatable bonds is 7. The Labute approximate surface area is 202 Å². The van der Waals surface area contributed by atoms with Crippen LogP contribution < -0.4 is 15.1 Å². The molecule has 1 saturated carbocycles. The number of fused-ring (bicyclic) bond motifs is 1. The minimum Gasteiger partial charge on any atom is -0.355 e. The Kier molecular flexibility index (Phi) is 7.07. The number of amides is 2. The molecule has 2 aromatic rings. The molecule has 1 aliphatic carbocycles. The Balaban J connectivity index is 1.57. The van der Waals surface area contributed by atoms with Gasteiger partial charge in [0, 0.05) is 50.5 Å². The minimum atomic E-state index is -0.200. The van der Waals surface area contributed by atoms with Crippen molar-refractivity contribution in [2.24, 2.45) is 0 Å². The van der Waals surface area contributed by atoms with Crippen LogP contribution in [0, 0.1) is 0 Å². The van der Waals surface area contributed by atoms with Crippen molar-refractivity contribution in [2.45, 2.75) is 44.7 Å². The van der Waals surface area contributed by atoms with Crippen LogP contribution in [-0.4, -0.2) is 80.0 Å². The van der Waals surface area contributed by atoms with Gasteiger partial charge < -0.3 is 24.9 Å². The van der Waals surface area contributed by atoms with Crippen LogP contribution in [-0.2, 0) is 4.79 Å². The number of likely N-dealkylation sites (N-methyl/N-ethyl adjacent to an activating group) is 3. The number of carbonyl (C=O) groups is 2. The summed E-state index contributed by atoms with van der Waals surface area (Å²) in [5.74, 6) is 0.791. The van der Waals surface area contributed by atoms with Gasteiger partial charge in [-0.3, -0.25) is 9.59 Å². The highest BCUT2D eigenvalue weighted by Gasteiger charge is 2.38. The van der Waals surface area contributed by atoms with Gasteiger partial charge in [-0.25, -0.2) is 4.98 Å². The zero-order valence-electron chi connectivity index (χ0n) is 20.9. The van der Waals surface area contributed by atoms with Crippen LogP contribution in [0.1, 0.15) is 43.0 Å². The molecule has 8 nitrogen and oxygen atoms in total. The third kappa shape index (κ3) is 4.87. The van der Waals surface area contributed by atoms with Crippen molar-refractivity contribution in [1.29, 1.82) is 0 Å². The minimum absolute atomic E-state index is 0.00901. The van der Waals surface area contributed by atoms with Crippen LogP contribution >= 0.6 is 0 Å². The molecule has 1 aromatic carbocycles. The first-order valence-electron chi connectivity index (χ1n) is 12.1. The van der Waals surface area contributed by atoms with Crippen LogP contribution in [0.3, 0.4) is 0 Å². The van der Waals surface area contributed by atoms with E-state index in [-0.39, 0.29) is 17.9 Å². The van der Waals surface area contributed by atoms with E-state index in [0.717, 1.165) is 36.4 Å². The van der Waals surface area contributed by atoms with E-state index in [0.29, 0.717) is 24.0 Å². The maximum Gasteiger partial charge on any atom is 0.253 e. The second kappa shape index (κ2) is 10.0. The van der Waals surface area contributed by atoms with Crippen LogP contribution in [0.4, 0.5) is 22.9 Å². The summed E-state index contributed by atoms with van der Waals surface area (Å²) in [5, 5.41) is 3.37. The molecule has 0 saturated heterocycles. The average molecular weight is 465 g/mol. The number of carbonyl (C=O) groups excluding carboxylic acids is 2. The standard InChI is InChI=1S/C26H36N6O2/c1-18-25(33)31(5)23-17-27-24(16-22(23)32(18)21-11-6-7-12-21)28-20-10-8-9-19(15-20)26(34)30(4)14-13-29(2)3/h8-10,15-18,21H,6-7,11-14H2,1-5H3,(H,27,28). The first-order chi connectivity index (χ1) is 16.3. The smallest absolute Gasteiger partial charge is 0.253 e. The van der Waals surface area contributed by atoms with Gasteiger partial charge in [0.15, 0.2) is 0 Å². The van der Waals surface area contributed by atoms with Gasteiger partial charge in [0.25, 0.3) is 5.91 Å². The first kappa shape index (κ1) is 24.0. The van der Waals surface area contributed by atoms with E-state index in [1.165, 1.54) is 12.8 Å². The molecule has 1 aromatic heterocycles. The summed E-state index contributed by atoms with van der Waals surface area (Å²) in [5.41, 5.74) is 3.32. The second-order valence-corrected chi connectivity index (χ2v) is 9.71. The number of benzene rings is 1. The Morgan fingerprint density at radius 1 is 1.12 bits per heavy atom. The fourth-order valence-electron chi connectivity index (χ4n) is 4.94. The molecule has 2 amide bonds. The molecule has 1 N–H and O–H groups in total. The summed E-state index contributed by atoms with van der Waals surface area (Å²) in [7, 11) is 7.64. The summed E-state index contributed by atoms with van der Waals surface area (Å²) in [6.07, 6.45) is 6.39. The predicted molar refractivity (Wildman–Crippen MR) is 137 cm³/mol. The van der Waals surface area contributed by atoms with Gasteiger partial charge >= 0.3 is 0 Å². The van der Waals surface area contributed by atoms with Crippen molar-refractivity contribution >= 4 is 34.7 Å². The van der Waals surface area contributed by atoms with E-state index in [1.54, 1.807) is 16.0 Å². The lowest BCUT2D eigenvalue weighted by Crippen LogP contribution is -2.54. The Morgan fingerprint density at radius 3 is 2.56 bits per heavy atom. The van der Waals surface area contributed by atoms with Crippen LogP contribution in [0.5, 0.6) is 0 Å². The zero-order chi connectivity index (χ0) is 24.4. The molecule has 1 atom stereocenters. The molecule has 0 spiro atoms. The molecular formula is C26H36N6O2. The summed E-state index contributed by atoms with van der Waals surface area (Å²) in [4.78, 5) is 38.1. The molecule has 1 unspecified atom stereocenters. The molecule has 0 bridgehead atoms. The van der Waals surface area contributed by atoms with Gasteiger partial charge in [0.1, 0.15) is 11.9 Å². The van der Waals surface area contributed by atoms with Crippen molar-refractivity contribution < 1.29 is 9.59 Å². The van der Waals surface area contributed by atoms with E-state index in [2.05, 4.69) is 20.1 Å². The largest absolute Gasteiger partial charge is 0.355 e. The molecule has 1 aliphatic heterocycles. The average Bonchev–Trinajstić information content (AvgIpc) is 3.35. The van der Waals surface area contributed by atoms with Gasteiger partial charge in [-0.15, -0.1) is 0 Å². The van der Waals surface area contributed by atoms with Crippen molar-refractivity contribution in [3.63, 3.8) is 0 Å². The normalized spacial score (nSPS) is 18.4. The van der Waals surface area contributed by atoms with E-state index in [1.807, 2.05) is 65.4 Å². The highest BCUT2D eigenvalue weighted by molar-refractivity contribution is 6.05.